The van der Waals surface area contributed by atoms with Crippen LogP contribution in [0, 0.1) is 0 Å². The van der Waals surface area contributed by atoms with E-state index in [4.69, 9.17) is 0 Å². The zero-order chi connectivity index (χ0) is 11.8. The van der Waals surface area contributed by atoms with Crippen molar-refractivity contribution >= 4 is 5.78 Å². The van der Waals surface area contributed by atoms with Gasteiger partial charge in [-0.3, -0.25) is 4.79 Å². The van der Waals surface area contributed by atoms with E-state index < -0.39 is 0 Å². The van der Waals surface area contributed by atoms with Crippen LogP contribution in [0.4, 0.5) is 0 Å². The summed E-state index contributed by atoms with van der Waals surface area (Å²) in [6, 6.07) is 9.75. The van der Waals surface area contributed by atoms with Crippen LogP contribution in [0.1, 0.15) is 12.0 Å². The maximum absolute atomic E-state index is 11.7. The number of ketones is 1. The Morgan fingerprint density at radius 3 is 2.44 bits per heavy atom. The lowest BCUT2D eigenvalue weighted by Crippen LogP contribution is -2.03. The van der Waals surface area contributed by atoms with Crippen LogP contribution < -0.4 is 0 Å². The van der Waals surface area contributed by atoms with E-state index in [1.165, 1.54) is 0 Å². The topological polar surface area (TPSA) is 17.1 Å². The van der Waals surface area contributed by atoms with Crippen LogP contribution in [0.25, 0.3) is 0 Å². The van der Waals surface area contributed by atoms with E-state index in [1.807, 2.05) is 36.4 Å². The molecule has 1 heteroatoms. The highest BCUT2D eigenvalue weighted by molar-refractivity contribution is 5.83. The van der Waals surface area contributed by atoms with Gasteiger partial charge >= 0.3 is 0 Å². The summed E-state index contributed by atoms with van der Waals surface area (Å²) in [7, 11) is 0. The molecule has 0 aliphatic heterocycles. The molecule has 0 fully saturated rings. The maximum Gasteiger partial charge on any atom is 0.141 e. The predicted molar refractivity (Wildman–Crippen MR) is 68.2 cm³/mol. The van der Waals surface area contributed by atoms with E-state index in [2.05, 4.69) is 13.2 Å². The quantitative estimate of drug-likeness (QED) is 0.660. The van der Waals surface area contributed by atoms with Gasteiger partial charge in [0.2, 0.25) is 0 Å². The highest BCUT2D eigenvalue weighted by Gasteiger charge is 2.04. The molecule has 82 valence electrons. The Morgan fingerprint density at radius 1 is 1.19 bits per heavy atom. The van der Waals surface area contributed by atoms with E-state index in [0.717, 1.165) is 11.1 Å². The number of carbonyl (C=O) groups is 1. The molecule has 0 aliphatic rings. The fourth-order valence-electron chi connectivity index (χ4n) is 1.46. The van der Waals surface area contributed by atoms with E-state index in [-0.39, 0.29) is 5.78 Å². The average molecular weight is 212 g/mol. The lowest BCUT2D eigenvalue weighted by molar-refractivity contribution is -0.117. The number of carbonyl (C=O) groups excluding carboxylic acids is 1. The molecule has 0 spiro atoms. The summed E-state index contributed by atoms with van der Waals surface area (Å²) in [6.07, 6.45) is 6.08. The summed E-state index contributed by atoms with van der Waals surface area (Å²) >= 11 is 0. The monoisotopic (exact) mass is 212 g/mol. The van der Waals surface area contributed by atoms with Crippen LogP contribution in [-0.2, 0) is 11.2 Å². The van der Waals surface area contributed by atoms with Gasteiger partial charge in [0.25, 0.3) is 0 Å². The first-order chi connectivity index (χ1) is 7.76. The number of rotatable bonds is 6. The van der Waals surface area contributed by atoms with E-state index >= 15 is 0 Å². The molecule has 0 saturated heterocycles. The SMILES string of the molecule is C=C/C=C(\C=C)CC(=O)Cc1ccccc1. The Morgan fingerprint density at radius 2 is 1.88 bits per heavy atom. The number of benzene rings is 1. The second-order valence-electron chi connectivity index (χ2n) is 3.56. The molecule has 0 N–H and O–H groups in total. The van der Waals surface area contributed by atoms with Gasteiger partial charge in [-0.1, -0.05) is 61.7 Å². The molecule has 16 heavy (non-hydrogen) atoms. The van der Waals surface area contributed by atoms with Gasteiger partial charge < -0.3 is 0 Å². The first kappa shape index (κ1) is 12.2. The maximum atomic E-state index is 11.7. The zero-order valence-corrected chi connectivity index (χ0v) is 9.36. The molecule has 0 radical (unpaired) electrons. The van der Waals surface area contributed by atoms with Gasteiger partial charge in [0.1, 0.15) is 5.78 Å². The van der Waals surface area contributed by atoms with Crippen molar-refractivity contribution in [3.05, 3.63) is 72.9 Å². The first-order valence-corrected chi connectivity index (χ1v) is 5.26. The third kappa shape index (κ3) is 4.09. The van der Waals surface area contributed by atoms with Crippen LogP contribution in [-0.4, -0.2) is 5.78 Å². The minimum atomic E-state index is 0.194. The van der Waals surface area contributed by atoms with E-state index in [1.54, 1.807) is 12.2 Å². The summed E-state index contributed by atoms with van der Waals surface area (Å²) < 4.78 is 0. The van der Waals surface area contributed by atoms with Gasteiger partial charge in [0, 0.05) is 12.8 Å². The normalized spacial score (nSPS) is 10.9. The van der Waals surface area contributed by atoms with E-state index in [9.17, 15) is 4.79 Å². The molecule has 1 rings (SSSR count). The van der Waals surface area contributed by atoms with Gasteiger partial charge in [-0.15, -0.1) is 0 Å². The minimum absolute atomic E-state index is 0.194. The Hall–Kier alpha value is -1.89. The number of hydrogen-bond acceptors (Lipinski definition) is 1. The Labute approximate surface area is 96.8 Å². The Balaban J connectivity index is 2.57. The summed E-state index contributed by atoms with van der Waals surface area (Å²) in [5, 5.41) is 0. The second-order valence-corrected chi connectivity index (χ2v) is 3.56. The van der Waals surface area contributed by atoms with Crippen molar-refractivity contribution in [2.45, 2.75) is 12.8 Å². The molecule has 0 atom stereocenters. The number of hydrogen-bond donors (Lipinski definition) is 0. The first-order valence-electron chi connectivity index (χ1n) is 5.26. The third-order valence-electron chi connectivity index (χ3n) is 2.24. The largest absolute Gasteiger partial charge is 0.299 e. The molecule has 0 unspecified atom stereocenters. The van der Waals surface area contributed by atoms with Crippen molar-refractivity contribution in [2.24, 2.45) is 0 Å². The fourth-order valence-corrected chi connectivity index (χ4v) is 1.46. The fraction of sp³-hybridized carbons (Fsp3) is 0.133. The number of allylic oxidation sites excluding steroid dienone is 4. The van der Waals surface area contributed by atoms with Gasteiger partial charge in [0.15, 0.2) is 0 Å². The van der Waals surface area contributed by atoms with Gasteiger partial charge in [0.05, 0.1) is 0 Å². The highest BCUT2D eigenvalue weighted by Crippen LogP contribution is 2.08. The van der Waals surface area contributed by atoms with Crippen molar-refractivity contribution in [3.8, 4) is 0 Å². The summed E-state index contributed by atoms with van der Waals surface area (Å²) in [5.74, 6) is 0.194. The molecule has 1 aromatic rings. The molecule has 1 aromatic carbocycles. The van der Waals surface area contributed by atoms with E-state index in [0.29, 0.717) is 12.8 Å². The molecule has 0 aromatic heterocycles. The molecule has 0 bridgehead atoms. The Kier molecular flexibility index (Phi) is 5.00. The van der Waals surface area contributed by atoms with Crippen LogP contribution in [0.3, 0.4) is 0 Å². The lowest BCUT2D eigenvalue weighted by atomic mass is 10.0. The molecule has 0 saturated carbocycles. The van der Waals surface area contributed by atoms with Crippen LogP contribution >= 0.6 is 0 Å². The molecule has 0 heterocycles. The zero-order valence-electron chi connectivity index (χ0n) is 9.36. The average Bonchev–Trinajstić information content (AvgIpc) is 2.29. The van der Waals surface area contributed by atoms with Crippen LogP contribution in [0.2, 0.25) is 0 Å². The van der Waals surface area contributed by atoms with Gasteiger partial charge in [-0.2, -0.15) is 0 Å². The van der Waals surface area contributed by atoms with Crippen molar-refractivity contribution in [3.63, 3.8) is 0 Å². The molecule has 1 nitrogen and oxygen atoms in total. The van der Waals surface area contributed by atoms with Gasteiger partial charge in [-0.05, 0) is 11.1 Å². The molecule has 0 amide bonds. The standard InChI is InChI=1S/C15H16O/c1-3-8-13(4-2)11-15(16)12-14-9-6-5-7-10-14/h3-10H,1-2,11-12H2/b13-8+. The molecule has 0 aliphatic carbocycles. The molecular weight excluding hydrogens is 196 g/mol. The van der Waals surface area contributed by atoms with Crippen molar-refractivity contribution < 1.29 is 4.79 Å². The third-order valence-corrected chi connectivity index (χ3v) is 2.24. The minimum Gasteiger partial charge on any atom is -0.299 e. The summed E-state index contributed by atoms with van der Waals surface area (Å²) in [6.45, 7) is 7.28. The number of Topliss-reactive ketones (excluding diaryl/α,β-unsaturated/α-hetero) is 1. The Bertz CT molecular complexity index is 399. The van der Waals surface area contributed by atoms with Crippen LogP contribution in [0.5, 0.6) is 0 Å². The van der Waals surface area contributed by atoms with Crippen molar-refractivity contribution in [2.75, 3.05) is 0 Å². The van der Waals surface area contributed by atoms with Crippen LogP contribution in [0.15, 0.2) is 67.3 Å². The lowest BCUT2D eigenvalue weighted by Gasteiger charge is -2.01. The summed E-state index contributed by atoms with van der Waals surface area (Å²) in [5.41, 5.74) is 1.96. The highest BCUT2D eigenvalue weighted by atomic mass is 16.1. The smallest absolute Gasteiger partial charge is 0.141 e. The molecular formula is C15H16O. The second kappa shape index (κ2) is 6.57. The summed E-state index contributed by atoms with van der Waals surface area (Å²) in [4.78, 5) is 11.7. The van der Waals surface area contributed by atoms with Gasteiger partial charge in [-0.25, -0.2) is 0 Å². The van der Waals surface area contributed by atoms with Crippen molar-refractivity contribution in [1.82, 2.24) is 0 Å². The predicted octanol–water partition coefficient (Wildman–Crippen LogP) is 3.49. The van der Waals surface area contributed by atoms with Crippen molar-refractivity contribution in [1.29, 1.82) is 0 Å².